The Hall–Kier alpha value is -1.23. The first-order chi connectivity index (χ1) is 8.38. The third-order valence-corrected chi connectivity index (χ3v) is 2.62. The van der Waals surface area contributed by atoms with Gasteiger partial charge in [0, 0.05) is 13.5 Å². The fourth-order valence-corrected chi connectivity index (χ4v) is 1.83. The number of Topliss-reactive ketones (excluding diaryl/α,β-unsaturated/α-hetero) is 1. The molecule has 102 valence electrons. The lowest BCUT2D eigenvalue weighted by Gasteiger charge is -2.26. The predicted molar refractivity (Wildman–Crippen MR) is 67.1 cm³/mol. The van der Waals surface area contributed by atoms with Crippen LogP contribution in [0.15, 0.2) is 4.52 Å². The van der Waals surface area contributed by atoms with Crippen LogP contribution in [-0.2, 0) is 16.0 Å². The van der Waals surface area contributed by atoms with E-state index in [0.29, 0.717) is 18.1 Å². The van der Waals surface area contributed by atoms with Gasteiger partial charge >= 0.3 is 0 Å². The van der Waals surface area contributed by atoms with E-state index >= 15 is 0 Å². The van der Waals surface area contributed by atoms with Crippen LogP contribution in [0.1, 0.15) is 58.4 Å². The number of aromatic nitrogens is 2. The van der Waals surface area contributed by atoms with Crippen molar-refractivity contribution in [3.05, 3.63) is 11.7 Å². The van der Waals surface area contributed by atoms with E-state index in [9.17, 15) is 4.79 Å². The standard InChI is InChI=1S/C13H22N2O3/c1-6-7-9(16)8-10-14-12(15-18-10)11(17-5)13(2,3)4/h11H,6-8H2,1-5H3. The van der Waals surface area contributed by atoms with Crippen molar-refractivity contribution in [2.75, 3.05) is 7.11 Å². The number of nitrogens with zero attached hydrogens (tertiary/aromatic N) is 2. The summed E-state index contributed by atoms with van der Waals surface area (Å²) in [5.41, 5.74) is -0.122. The number of carbonyl (C=O) groups excluding carboxylic acids is 1. The summed E-state index contributed by atoms with van der Waals surface area (Å²) in [6.45, 7) is 8.09. The molecule has 1 rings (SSSR count). The average molecular weight is 254 g/mol. The van der Waals surface area contributed by atoms with Gasteiger partial charge in [0.15, 0.2) is 0 Å². The Kier molecular flexibility index (Phi) is 5.02. The summed E-state index contributed by atoms with van der Waals surface area (Å²) in [7, 11) is 1.62. The Morgan fingerprint density at radius 1 is 1.44 bits per heavy atom. The molecule has 18 heavy (non-hydrogen) atoms. The van der Waals surface area contributed by atoms with Crippen LogP contribution in [0.25, 0.3) is 0 Å². The second-order valence-electron chi connectivity index (χ2n) is 5.49. The van der Waals surface area contributed by atoms with E-state index in [-0.39, 0.29) is 23.7 Å². The zero-order valence-corrected chi connectivity index (χ0v) is 11.8. The minimum absolute atomic E-state index is 0.122. The lowest BCUT2D eigenvalue weighted by molar-refractivity contribution is -0.118. The molecule has 5 heteroatoms. The Bertz CT molecular complexity index is 393. The average Bonchev–Trinajstić information content (AvgIpc) is 2.65. The number of hydrogen-bond donors (Lipinski definition) is 0. The van der Waals surface area contributed by atoms with Crippen LogP contribution in [-0.4, -0.2) is 23.0 Å². The largest absolute Gasteiger partial charge is 0.373 e. The number of ether oxygens (including phenoxy) is 1. The molecule has 0 aromatic carbocycles. The number of ketones is 1. The predicted octanol–water partition coefficient (Wildman–Crippen LogP) is 2.71. The molecule has 0 N–H and O–H groups in total. The Labute approximate surface area is 108 Å². The summed E-state index contributed by atoms with van der Waals surface area (Å²) >= 11 is 0. The number of hydrogen-bond acceptors (Lipinski definition) is 5. The Morgan fingerprint density at radius 2 is 2.11 bits per heavy atom. The van der Waals surface area contributed by atoms with Gasteiger partial charge in [0.1, 0.15) is 11.9 Å². The van der Waals surface area contributed by atoms with Crippen LogP contribution in [0.5, 0.6) is 0 Å². The van der Waals surface area contributed by atoms with Gasteiger partial charge in [-0.05, 0) is 11.8 Å². The van der Waals surface area contributed by atoms with Crippen molar-refractivity contribution < 1.29 is 14.1 Å². The van der Waals surface area contributed by atoms with E-state index in [2.05, 4.69) is 10.1 Å². The molecule has 1 heterocycles. The summed E-state index contributed by atoms with van der Waals surface area (Å²) in [6, 6.07) is 0. The van der Waals surface area contributed by atoms with Gasteiger partial charge in [0.05, 0.1) is 6.42 Å². The minimum Gasteiger partial charge on any atom is -0.373 e. The first-order valence-corrected chi connectivity index (χ1v) is 6.25. The SMILES string of the molecule is CCCC(=O)Cc1nc(C(OC)C(C)(C)C)no1. The molecule has 0 aliphatic heterocycles. The fourth-order valence-electron chi connectivity index (χ4n) is 1.83. The van der Waals surface area contributed by atoms with E-state index < -0.39 is 0 Å². The molecular weight excluding hydrogens is 232 g/mol. The summed E-state index contributed by atoms with van der Waals surface area (Å²) in [4.78, 5) is 15.7. The molecule has 0 spiro atoms. The summed E-state index contributed by atoms with van der Waals surface area (Å²) < 4.78 is 10.5. The van der Waals surface area contributed by atoms with Gasteiger partial charge in [-0.2, -0.15) is 4.98 Å². The van der Waals surface area contributed by atoms with Crippen molar-refractivity contribution in [1.82, 2.24) is 10.1 Å². The molecule has 0 aliphatic rings. The Balaban J connectivity index is 2.76. The van der Waals surface area contributed by atoms with Crippen molar-refractivity contribution in [2.24, 2.45) is 5.41 Å². The molecule has 5 nitrogen and oxygen atoms in total. The molecule has 1 aromatic rings. The highest BCUT2D eigenvalue weighted by Gasteiger charge is 2.30. The maximum Gasteiger partial charge on any atom is 0.234 e. The van der Waals surface area contributed by atoms with E-state index in [1.807, 2.05) is 27.7 Å². The van der Waals surface area contributed by atoms with Gasteiger partial charge < -0.3 is 9.26 Å². The molecule has 0 bridgehead atoms. The summed E-state index contributed by atoms with van der Waals surface area (Å²) in [5.74, 6) is 0.997. The van der Waals surface area contributed by atoms with Gasteiger partial charge in [-0.1, -0.05) is 32.9 Å². The molecule has 0 saturated carbocycles. The quantitative estimate of drug-likeness (QED) is 0.781. The Morgan fingerprint density at radius 3 is 2.61 bits per heavy atom. The zero-order valence-electron chi connectivity index (χ0n) is 11.8. The monoisotopic (exact) mass is 254 g/mol. The first kappa shape index (κ1) is 14.8. The molecule has 1 atom stereocenters. The van der Waals surface area contributed by atoms with Gasteiger partial charge in [-0.3, -0.25) is 4.79 Å². The number of carbonyl (C=O) groups is 1. The van der Waals surface area contributed by atoms with Crippen molar-refractivity contribution in [3.63, 3.8) is 0 Å². The van der Waals surface area contributed by atoms with Gasteiger partial charge in [-0.15, -0.1) is 0 Å². The molecule has 0 aliphatic carbocycles. The molecule has 1 aromatic heterocycles. The van der Waals surface area contributed by atoms with Crippen LogP contribution in [0.4, 0.5) is 0 Å². The summed E-state index contributed by atoms with van der Waals surface area (Å²) in [5, 5.41) is 3.90. The third-order valence-electron chi connectivity index (χ3n) is 2.62. The topological polar surface area (TPSA) is 65.2 Å². The lowest BCUT2D eigenvalue weighted by Crippen LogP contribution is -2.21. The molecule has 0 radical (unpaired) electrons. The molecule has 1 unspecified atom stereocenters. The van der Waals surface area contributed by atoms with E-state index in [0.717, 1.165) is 6.42 Å². The third kappa shape index (κ3) is 3.91. The smallest absolute Gasteiger partial charge is 0.234 e. The van der Waals surface area contributed by atoms with E-state index in [4.69, 9.17) is 9.26 Å². The maximum atomic E-state index is 11.5. The van der Waals surface area contributed by atoms with E-state index in [1.54, 1.807) is 7.11 Å². The molecule has 0 fully saturated rings. The van der Waals surface area contributed by atoms with Crippen LogP contribution < -0.4 is 0 Å². The van der Waals surface area contributed by atoms with Crippen LogP contribution in [0, 0.1) is 5.41 Å². The van der Waals surface area contributed by atoms with Crippen molar-refractivity contribution >= 4 is 5.78 Å². The highest BCUT2D eigenvalue weighted by atomic mass is 16.5. The highest BCUT2D eigenvalue weighted by molar-refractivity contribution is 5.79. The fraction of sp³-hybridized carbons (Fsp3) is 0.769. The van der Waals surface area contributed by atoms with Gasteiger partial charge in [-0.25, -0.2) is 0 Å². The number of methoxy groups -OCH3 is 1. The van der Waals surface area contributed by atoms with Gasteiger partial charge in [0.2, 0.25) is 11.7 Å². The highest BCUT2D eigenvalue weighted by Crippen LogP contribution is 2.33. The molecule has 0 amide bonds. The normalized spacial score (nSPS) is 13.6. The van der Waals surface area contributed by atoms with Gasteiger partial charge in [0.25, 0.3) is 0 Å². The molecule has 0 saturated heterocycles. The second-order valence-corrected chi connectivity index (χ2v) is 5.49. The minimum atomic E-state index is -0.240. The molecular formula is C13H22N2O3. The van der Waals surface area contributed by atoms with Crippen LogP contribution >= 0.6 is 0 Å². The zero-order chi connectivity index (χ0) is 13.8. The van der Waals surface area contributed by atoms with E-state index in [1.165, 1.54) is 0 Å². The van der Waals surface area contributed by atoms with Crippen LogP contribution in [0.2, 0.25) is 0 Å². The lowest BCUT2D eigenvalue weighted by atomic mass is 9.88. The van der Waals surface area contributed by atoms with Crippen molar-refractivity contribution in [1.29, 1.82) is 0 Å². The number of rotatable bonds is 6. The summed E-state index contributed by atoms with van der Waals surface area (Å²) in [6.07, 6.45) is 1.35. The first-order valence-electron chi connectivity index (χ1n) is 6.25. The van der Waals surface area contributed by atoms with Crippen LogP contribution in [0.3, 0.4) is 0 Å². The second kappa shape index (κ2) is 6.09. The van der Waals surface area contributed by atoms with Crippen molar-refractivity contribution in [3.8, 4) is 0 Å². The maximum absolute atomic E-state index is 11.5. The van der Waals surface area contributed by atoms with Crippen molar-refractivity contribution in [2.45, 2.75) is 53.1 Å².